The van der Waals surface area contributed by atoms with Crippen LogP contribution in [0.15, 0.2) is 71.3 Å². The van der Waals surface area contributed by atoms with Crippen molar-refractivity contribution in [2.45, 2.75) is 6.42 Å². The van der Waals surface area contributed by atoms with Crippen molar-refractivity contribution in [1.82, 2.24) is 10.5 Å². The van der Waals surface area contributed by atoms with Gasteiger partial charge in [-0.15, -0.1) is 0 Å². The summed E-state index contributed by atoms with van der Waals surface area (Å²) in [6.07, 6.45) is 0.778. The van der Waals surface area contributed by atoms with Crippen molar-refractivity contribution in [3.8, 4) is 11.3 Å². The van der Waals surface area contributed by atoms with Crippen LogP contribution in [-0.2, 0) is 11.2 Å². The van der Waals surface area contributed by atoms with Gasteiger partial charge in [-0.25, -0.2) is 0 Å². The first-order valence-corrected chi connectivity index (χ1v) is 7.75. The average molecular weight is 308 g/mol. The summed E-state index contributed by atoms with van der Waals surface area (Å²) in [5.74, 6) is 0.889. The Bertz CT molecular complexity index is 684. The van der Waals surface area contributed by atoms with Crippen molar-refractivity contribution in [1.29, 1.82) is 0 Å². The van der Waals surface area contributed by atoms with Crippen LogP contribution >= 0.6 is 0 Å². The van der Waals surface area contributed by atoms with Crippen molar-refractivity contribution in [3.63, 3.8) is 0 Å². The first-order chi connectivity index (χ1) is 11.4. The zero-order valence-electron chi connectivity index (χ0n) is 12.9. The van der Waals surface area contributed by atoms with Crippen molar-refractivity contribution in [3.05, 3.63) is 78.1 Å². The number of hydrogen-bond acceptors (Lipinski definition) is 4. The molecule has 0 bridgehead atoms. The lowest BCUT2D eigenvalue weighted by Crippen LogP contribution is -2.05. The van der Waals surface area contributed by atoms with Crippen LogP contribution in [0.2, 0.25) is 0 Å². The standard InChI is InChI=1S/C16H13NO.C3H7NO/c1-3-7-13(8-4-1)11-15-12-16(17-18-15)14-9-5-2-6-10-14;1-2-5-3-4-1/h1-10,12H,11H2;4H,1-3H2. The summed E-state index contributed by atoms with van der Waals surface area (Å²) in [5, 5.41) is 7.11. The molecule has 118 valence electrons. The van der Waals surface area contributed by atoms with Crippen molar-refractivity contribution in [2.75, 3.05) is 19.9 Å². The summed E-state index contributed by atoms with van der Waals surface area (Å²) in [4.78, 5) is 0. The normalized spacial score (nSPS) is 13.4. The average Bonchev–Trinajstić information content (AvgIpc) is 3.32. The van der Waals surface area contributed by atoms with E-state index >= 15 is 0 Å². The molecule has 0 amide bonds. The fourth-order valence-electron chi connectivity index (χ4n) is 2.30. The molecule has 1 aliphatic rings. The minimum absolute atomic E-state index is 0.750. The van der Waals surface area contributed by atoms with Gasteiger partial charge in [0.1, 0.15) is 11.5 Å². The molecule has 1 aliphatic heterocycles. The highest BCUT2D eigenvalue weighted by Crippen LogP contribution is 2.20. The van der Waals surface area contributed by atoms with Crippen LogP contribution in [-0.4, -0.2) is 25.0 Å². The van der Waals surface area contributed by atoms with E-state index in [1.54, 1.807) is 0 Å². The van der Waals surface area contributed by atoms with Gasteiger partial charge in [0.2, 0.25) is 0 Å². The molecule has 0 spiro atoms. The van der Waals surface area contributed by atoms with Gasteiger partial charge in [0.25, 0.3) is 0 Å². The molecule has 0 aliphatic carbocycles. The lowest BCUT2D eigenvalue weighted by molar-refractivity contribution is 0.194. The largest absolute Gasteiger partial charge is 0.365 e. The van der Waals surface area contributed by atoms with Gasteiger partial charge < -0.3 is 9.26 Å². The molecule has 0 atom stereocenters. The highest BCUT2D eigenvalue weighted by molar-refractivity contribution is 5.58. The highest BCUT2D eigenvalue weighted by Gasteiger charge is 2.06. The molecular formula is C19H20N2O2. The second-order valence-corrected chi connectivity index (χ2v) is 5.26. The zero-order chi connectivity index (χ0) is 15.7. The van der Waals surface area contributed by atoms with E-state index in [-0.39, 0.29) is 0 Å². The Morgan fingerprint density at radius 3 is 2.30 bits per heavy atom. The smallest absolute Gasteiger partial charge is 0.141 e. The fourth-order valence-corrected chi connectivity index (χ4v) is 2.30. The number of aromatic nitrogens is 1. The Hall–Kier alpha value is -2.43. The fraction of sp³-hybridized carbons (Fsp3) is 0.211. The molecule has 23 heavy (non-hydrogen) atoms. The topological polar surface area (TPSA) is 47.3 Å². The van der Waals surface area contributed by atoms with E-state index in [0.717, 1.165) is 43.3 Å². The van der Waals surface area contributed by atoms with Gasteiger partial charge in [-0.2, -0.15) is 0 Å². The Morgan fingerprint density at radius 2 is 1.70 bits per heavy atom. The summed E-state index contributed by atoms with van der Waals surface area (Å²) >= 11 is 0. The number of nitrogens with zero attached hydrogens (tertiary/aromatic N) is 1. The molecule has 3 aromatic rings. The summed E-state index contributed by atoms with van der Waals surface area (Å²) in [6, 6.07) is 22.3. The molecule has 0 radical (unpaired) electrons. The van der Waals surface area contributed by atoms with Gasteiger partial charge in [0, 0.05) is 24.6 Å². The summed E-state index contributed by atoms with van der Waals surface area (Å²) in [5.41, 5.74) is 3.20. The predicted molar refractivity (Wildman–Crippen MR) is 90.0 cm³/mol. The number of ether oxygens (including phenoxy) is 1. The van der Waals surface area contributed by atoms with Crippen LogP contribution in [0.25, 0.3) is 11.3 Å². The second kappa shape index (κ2) is 8.27. The molecule has 4 nitrogen and oxygen atoms in total. The third-order valence-electron chi connectivity index (χ3n) is 3.48. The van der Waals surface area contributed by atoms with E-state index in [2.05, 4.69) is 22.6 Å². The molecule has 4 rings (SSSR count). The van der Waals surface area contributed by atoms with Gasteiger partial charge in [0.05, 0.1) is 13.3 Å². The van der Waals surface area contributed by atoms with Crippen LogP contribution in [0.1, 0.15) is 11.3 Å². The molecule has 0 unspecified atom stereocenters. The first-order valence-electron chi connectivity index (χ1n) is 7.75. The molecule has 2 aromatic carbocycles. The summed E-state index contributed by atoms with van der Waals surface area (Å²) < 4.78 is 10.2. The Balaban J connectivity index is 0.000000267. The third-order valence-corrected chi connectivity index (χ3v) is 3.48. The maximum atomic E-state index is 5.37. The molecule has 1 fully saturated rings. The van der Waals surface area contributed by atoms with E-state index in [1.165, 1.54) is 5.56 Å². The zero-order valence-corrected chi connectivity index (χ0v) is 12.9. The van der Waals surface area contributed by atoms with Crippen LogP contribution in [0, 0.1) is 0 Å². The SMILES string of the molecule is C1COCN1.c1ccc(Cc2cc(-c3ccccc3)no2)cc1. The van der Waals surface area contributed by atoms with E-state index in [1.807, 2.05) is 54.6 Å². The lowest BCUT2D eigenvalue weighted by Gasteiger charge is -1.95. The minimum atomic E-state index is 0.750. The van der Waals surface area contributed by atoms with Gasteiger partial charge in [-0.05, 0) is 5.56 Å². The van der Waals surface area contributed by atoms with E-state index in [0.29, 0.717) is 0 Å². The molecule has 2 heterocycles. The van der Waals surface area contributed by atoms with E-state index in [9.17, 15) is 0 Å². The number of nitrogens with one attached hydrogen (secondary N) is 1. The van der Waals surface area contributed by atoms with Crippen molar-refractivity contribution >= 4 is 0 Å². The monoisotopic (exact) mass is 308 g/mol. The maximum absolute atomic E-state index is 5.37. The molecule has 0 saturated carbocycles. The highest BCUT2D eigenvalue weighted by atomic mass is 16.5. The van der Waals surface area contributed by atoms with Crippen LogP contribution in [0.3, 0.4) is 0 Å². The molecule has 1 saturated heterocycles. The van der Waals surface area contributed by atoms with Gasteiger partial charge in [-0.1, -0.05) is 65.8 Å². The van der Waals surface area contributed by atoms with Crippen molar-refractivity contribution in [2.24, 2.45) is 0 Å². The summed E-state index contributed by atoms with van der Waals surface area (Å²) in [7, 11) is 0. The van der Waals surface area contributed by atoms with Gasteiger partial charge in [0.15, 0.2) is 0 Å². The number of rotatable bonds is 3. The maximum Gasteiger partial charge on any atom is 0.141 e. The van der Waals surface area contributed by atoms with Gasteiger partial charge in [-0.3, -0.25) is 5.32 Å². The minimum Gasteiger partial charge on any atom is -0.365 e. The lowest BCUT2D eigenvalue weighted by atomic mass is 10.1. The Morgan fingerprint density at radius 1 is 0.957 bits per heavy atom. The Kier molecular flexibility index (Phi) is 5.56. The van der Waals surface area contributed by atoms with Crippen LogP contribution in [0.5, 0.6) is 0 Å². The molecular weight excluding hydrogens is 288 g/mol. The summed E-state index contributed by atoms with van der Waals surface area (Å²) in [6.45, 7) is 2.67. The quantitative estimate of drug-likeness (QED) is 0.804. The number of hydrogen-bond donors (Lipinski definition) is 1. The Labute approximate surface area is 136 Å². The van der Waals surface area contributed by atoms with E-state index in [4.69, 9.17) is 9.26 Å². The predicted octanol–water partition coefficient (Wildman–Crippen LogP) is 3.50. The van der Waals surface area contributed by atoms with Crippen LogP contribution in [0.4, 0.5) is 0 Å². The molecule has 1 aromatic heterocycles. The van der Waals surface area contributed by atoms with E-state index < -0.39 is 0 Å². The van der Waals surface area contributed by atoms with Crippen molar-refractivity contribution < 1.29 is 9.26 Å². The third kappa shape index (κ3) is 4.77. The van der Waals surface area contributed by atoms with Crippen LogP contribution < -0.4 is 5.32 Å². The first kappa shape index (κ1) is 15.5. The second-order valence-electron chi connectivity index (χ2n) is 5.26. The number of benzene rings is 2. The molecule has 4 heteroatoms. The van der Waals surface area contributed by atoms with Gasteiger partial charge >= 0.3 is 0 Å². The molecule has 1 N–H and O–H groups in total.